The highest BCUT2D eigenvalue weighted by atomic mass is 79.9. The number of rotatable bonds is 2. The zero-order chi connectivity index (χ0) is 16.6. The van der Waals surface area contributed by atoms with E-state index in [1.165, 1.54) is 10.7 Å². The van der Waals surface area contributed by atoms with Crippen LogP contribution in [0.5, 0.6) is 0 Å². The fourth-order valence-electron chi connectivity index (χ4n) is 2.50. The average Bonchev–Trinajstić information content (AvgIpc) is 2.55. The van der Waals surface area contributed by atoms with Gasteiger partial charge in [-0.05, 0) is 33.6 Å². The Morgan fingerprint density at radius 3 is 3.00 bits per heavy atom. The van der Waals surface area contributed by atoms with E-state index < -0.39 is 5.82 Å². The predicted molar refractivity (Wildman–Crippen MR) is 89.5 cm³/mol. The summed E-state index contributed by atoms with van der Waals surface area (Å²) < 4.78 is 20.8. The molecule has 2 heterocycles. The number of hydrogen-bond donors (Lipinski definition) is 0. The predicted octanol–water partition coefficient (Wildman–Crippen LogP) is 2.91. The molecule has 2 aromatic rings. The van der Waals surface area contributed by atoms with E-state index in [-0.39, 0.29) is 16.7 Å². The first kappa shape index (κ1) is 16.4. The van der Waals surface area contributed by atoms with Gasteiger partial charge in [-0.1, -0.05) is 17.7 Å². The molecular weight excluding hydrogens is 389 g/mol. The Balaban J connectivity index is 1.88. The lowest BCUT2D eigenvalue weighted by molar-refractivity contribution is 0.0397. The van der Waals surface area contributed by atoms with Crippen molar-refractivity contribution >= 4 is 33.2 Å². The van der Waals surface area contributed by atoms with E-state index in [1.807, 2.05) is 4.90 Å². The van der Waals surface area contributed by atoms with E-state index in [4.69, 9.17) is 16.3 Å². The van der Waals surface area contributed by atoms with E-state index in [1.54, 1.807) is 25.4 Å². The average molecular weight is 403 g/mol. The van der Waals surface area contributed by atoms with E-state index in [0.29, 0.717) is 24.2 Å². The van der Waals surface area contributed by atoms with Crippen LogP contribution in [0.2, 0.25) is 5.02 Å². The van der Waals surface area contributed by atoms with E-state index in [2.05, 4.69) is 21.0 Å². The number of anilines is 1. The first-order valence-electron chi connectivity index (χ1n) is 7.00. The Morgan fingerprint density at radius 1 is 1.48 bits per heavy atom. The third kappa shape index (κ3) is 3.27. The minimum absolute atomic E-state index is 0.0691. The Labute approximate surface area is 145 Å². The lowest BCUT2D eigenvalue weighted by atomic mass is 10.1. The molecule has 122 valence electrons. The van der Waals surface area contributed by atoms with Crippen molar-refractivity contribution in [2.75, 3.05) is 24.6 Å². The summed E-state index contributed by atoms with van der Waals surface area (Å²) >= 11 is 9.18. The summed E-state index contributed by atoms with van der Waals surface area (Å²) in [7, 11) is 1.60. The minimum atomic E-state index is -0.457. The highest BCUT2D eigenvalue weighted by Gasteiger charge is 2.25. The minimum Gasteiger partial charge on any atom is -0.370 e. The number of nitrogens with zero attached hydrogens (tertiary/aromatic N) is 3. The number of benzene rings is 1. The molecule has 0 radical (unpaired) electrons. The fourth-order valence-corrected chi connectivity index (χ4v) is 3.30. The molecule has 1 aromatic carbocycles. The maximum Gasteiger partial charge on any atom is 0.282 e. The van der Waals surface area contributed by atoms with Gasteiger partial charge in [-0.2, -0.15) is 5.10 Å². The molecule has 23 heavy (non-hydrogen) atoms. The zero-order valence-electron chi connectivity index (χ0n) is 12.3. The van der Waals surface area contributed by atoms with Gasteiger partial charge in [0, 0.05) is 20.1 Å². The Morgan fingerprint density at radius 2 is 2.26 bits per heavy atom. The molecule has 0 aliphatic carbocycles. The van der Waals surface area contributed by atoms with E-state index >= 15 is 0 Å². The summed E-state index contributed by atoms with van der Waals surface area (Å²) in [5, 5.41) is 4.13. The van der Waals surface area contributed by atoms with Crippen LogP contribution in [0.1, 0.15) is 11.7 Å². The SMILES string of the molecule is Cn1ncc(N2CCOC(c3ccc(F)c(Cl)c3)C2)c(Br)c1=O. The summed E-state index contributed by atoms with van der Waals surface area (Å²) in [5.74, 6) is -0.457. The van der Waals surface area contributed by atoms with Gasteiger partial charge in [0.15, 0.2) is 0 Å². The quantitative estimate of drug-likeness (QED) is 0.775. The molecule has 5 nitrogen and oxygen atoms in total. The van der Waals surface area contributed by atoms with Crippen molar-refractivity contribution in [3.05, 3.63) is 55.6 Å². The molecule has 0 amide bonds. The van der Waals surface area contributed by atoms with E-state index in [0.717, 1.165) is 11.3 Å². The molecule has 0 bridgehead atoms. The summed E-state index contributed by atoms with van der Waals surface area (Å²) in [4.78, 5) is 14.0. The summed E-state index contributed by atoms with van der Waals surface area (Å²) in [5.41, 5.74) is 1.32. The molecule has 0 N–H and O–H groups in total. The normalized spacial score (nSPS) is 18.3. The smallest absolute Gasteiger partial charge is 0.282 e. The first-order chi connectivity index (χ1) is 11.0. The molecule has 1 unspecified atom stereocenters. The number of hydrogen-bond acceptors (Lipinski definition) is 4. The monoisotopic (exact) mass is 401 g/mol. The molecular formula is C15H14BrClFN3O2. The Kier molecular flexibility index (Phi) is 4.70. The zero-order valence-corrected chi connectivity index (χ0v) is 14.6. The van der Waals surface area contributed by atoms with Crippen LogP contribution in [0, 0.1) is 5.82 Å². The van der Waals surface area contributed by atoms with E-state index in [9.17, 15) is 9.18 Å². The van der Waals surface area contributed by atoms with Crippen molar-refractivity contribution in [2.24, 2.45) is 7.05 Å². The molecule has 0 spiro atoms. The lowest BCUT2D eigenvalue weighted by Gasteiger charge is -2.35. The summed E-state index contributed by atoms with van der Waals surface area (Å²) in [6.07, 6.45) is 1.39. The van der Waals surface area contributed by atoms with Crippen LogP contribution in [0.25, 0.3) is 0 Å². The van der Waals surface area contributed by atoms with Crippen molar-refractivity contribution in [1.82, 2.24) is 9.78 Å². The number of halogens is 3. The molecule has 1 fully saturated rings. The molecule has 8 heteroatoms. The van der Waals surface area contributed by atoms with Crippen molar-refractivity contribution < 1.29 is 9.13 Å². The molecule has 1 atom stereocenters. The highest BCUT2D eigenvalue weighted by molar-refractivity contribution is 9.10. The van der Waals surface area contributed by atoms with Crippen LogP contribution < -0.4 is 10.5 Å². The second-order valence-electron chi connectivity index (χ2n) is 5.25. The van der Waals surface area contributed by atoms with Gasteiger partial charge in [0.2, 0.25) is 0 Å². The topological polar surface area (TPSA) is 47.4 Å². The molecule has 1 aromatic heterocycles. The molecule has 1 aliphatic rings. The largest absolute Gasteiger partial charge is 0.370 e. The van der Waals surface area contributed by atoms with Crippen LogP contribution >= 0.6 is 27.5 Å². The van der Waals surface area contributed by atoms with Crippen LogP contribution in [0.15, 0.2) is 33.7 Å². The maximum absolute atomic E-state index is 13.3. The number of ether oxygens (including phenoxy) is 1. The van der Waals surface area contributed by atoms with Gasteiger partial charge in [-0.25, -0.2) is 9.07 Å². The molecule has 1 saturated heterocycles. The number of aryl methyl sites for hydroxylation is 1. The van der Waals surface area contributed by atoms with Crippen LogP contribution in [0.4, 0.5) is 10.1 Å². The Hall–Kier alpha value is -1.44. The van der Waals surface area contributed by atoms with Crippen LogP contribution in [-0.2, 0) is 11.8 Å². The van der Waals surface area contributed by atoms with Gasteiger partial charge in [0.25, 0.3) is 5.56 Å². The van der Waals surface area contributed by atoms with Gasteiger partial charge in [0.1, 0.15) is 16.4 Å². The number of morpholine rings is 1. The molecule has 0 saturated carbocycles. The first-order valence-corrected chi connectivity index (χ1v) is 8.18. The van der Waals surface area contributed by atoms with Crippen molar-refractivity contribution in [1.29, 1.82) is 0 Å². The molecule has 3 rings (SSSR count). The van der Waals surface area contributed by atoms with Gasteiger partial charge in [-0.3, -0.25) is 4.79 Å². The highest BCUT2D eigenvalue weighted by Crippen LogP contribution is 2.30. The van der Waals surface area contributed by atoms with Crippen molar-refractivity contribution in [2.45, 2.75) is 6.10 Å². The lowest BCUT2D eigenvalue weighted by Crippen LogP contribution is -2.39. The second kappa shape index (κ2) is 6.59. The third-order valence-corrected chi connectivity index (χ3v) is 4.82. The van der Waals surface area contributed by atoms with Crippen molar-refractivity contribution in [3.63, 3.8) is 0 Å². The standard InChI is InChI=1S/C15H14BrClFN3O2/c1-20-15(22)14(16)12(7-19-20)21-4-5-23-13(8-21)9-2-3-11(18)10(17)6-9/h2-3,6-7,13H,4-5,8H2,1H3. The fraction of sp³-hybridized carbons (Fsp3) is 0.333. The number of aromatic nitrogens is 2. The van der Waals surface area contributed by atoms with Gasteiger partial charge in [0.05, 0.1) is 23.5 Å². The van der Waals surface area contributed by atoms with Crippen LogP contribution in [-0.4, -0.2) is 29.5 Å². The second-order valence-corrected chi connectivity index (χ2v) is 6.45. The van der Waals surface area contributed by atoms with Gasteiger partial charge < -0.3 is 9.64 Å². The van der Waals surface area contributed by atoms with Gasteiger partial charge >= 0.3 is 0 Å². The molecule has 1 aliphatic heterocycles. The summed E-state index contributed by atoms with van der Waals surface area (Å²) in [6, 6.07) is 4.56. The third-order valence-electron chi connectivity index (χ3n) is 3.78. The van der Waals surface area contributed by atoms with Crippen molar-refractivity contribution in [3.8, 4) is 0 Å². The van der Waals surface area contributed by atoms with Crippen LogP contribution in [0.3, 0.4) is 0 Å². The maximum atomic E-state index is 13.3. The summed E-state index contributed by atoms with van der Waals surface area (Å²) in [6.45, 7) is 1.65. The van der Waals surface area contributed by atoms with Gasteiger partial charge in [-0.15, -0.1) is 0 Å². The Bertz CT molecular complexity index is 799.